The molecule has 2 aromatic rings. The van der Waals surface area contributed by atoms with Crippen molar-refractivity contribution in [3.8, 4) is 0 Å². The molecule has 0 atom stereocenters. The van der Waals surface area contributed by atoms with Crippen molar-refractivity contribution in [2.24, 2.45) is 0 Å². The van der Waals surface area contributed by atoms with Crippen LogP contribution in [-0.4, -0.2) is 52.3 Å². The maximum Gasteiger partial charge on any atom is 0.451 e. The molecule has 0 radical (unpaired) electrons. The first kappa shape index (κ1) is 23.1. The lowest BCUT2D eigenvalue weighted by atomic mass is 10.0. The van der Waals surface area contributed by atoms with E-state index in [4.69, 9.17) is 10.8 Å². The Morgan fingerprint density at radius 1 is 1.06 bits per heavy atom. The Hall–Kier alpha value is -3.05. The lowest BCUT2D eigenvalue weighted by Crippen LogP contribution is -2.42. The third-order valence-corrected chi connectivity index (χ3v) is 6.32. The highest BCUT2D eigenvalue weighted by Crippen LogP contribution is 2.32. The quantitative estimate of drug-likeness (QED) is 0.400. The van der Waals surface area contributed by atoms with Crippen LogP contribution in [0.2, 0.25) is 0 Å². The zero-order valence-corrected chi connectivity index (χ0v) is 18.2. The number of halogens is 5. The number of nitrogens with zero attached hydrogens (tertiary/aromatic N) is 5. The normalized spacial score (nSPS) is 18.3. The second kappa shape index (κ2) is 8.07. The van der Waals surface area contributed by atoms with Crippen molar-refractivity contribution in [2.45, 2.75) is 51.8 Å². The van der Waals surface area contributed by atoms with Gasteiger partial charge in [-0.1, -0.05) is 0 Å². The van der Waals surface area contributed by atoms with Gasteiger partial charge in [0, 0.05) is 56.7 Å². The zero-order valence-electron chi connectivity index (χ0n) is 18.2. The molecule has 4 heterocycles. The molecule has 0 bridgehead atoms. The van der Waals surface area contributed by atoms with E-state index in [0.29, 0.717) is 35.3 Å². The van der Waals surface area contributed by atoms with Crippen molar-refractivity contribution in [1.29, 1.82) is 10.8 Å². The fraction of sp³-hybridized carbons (Fsp3) is 0.524. The van der Waals surface area contributed by atoms with E-state index in [0.717, 1.165) is 16.9 Å². The lowest BCUT2D eigenvalue weighted by molar-refractivity contribution is -0.0632. The standard InChI is InChI=1S/C21H24F5N7/c1-12-13(2)18(30-33(17(12)27)19(28)21(24,25)26)32-6-3-16-14(11-32)9-15(10-29-16)31-7-4-20(22,23)5-8-31/h9-10,27-28H,3-8,11H2,1-2H3. The van der Waals surface area contributed by atoms with Crippen molar-refractivity contribution in [1.82, 2.24) is 14.8 Å². The molecule has 178 valence electrons. The number of nitrogens with one attached hydrogen (secondary N) is 2. The van der Waals surface area contributed by atoms with E-state index in [2.05, 4.69) is 10.1 Å². The summed E-state index contributed by atoms with van der Waals surface area (Å²) in [5, 5.41) is 19.5. The Morgan fingerprint density at radius 3 is 2.36 bits per heavy atom. The van der Waals surface area contributed by atoms with Crippen LogP contribution in [0.4, 0.5) is 33.5 Å². The first-order valence-corrected chi connectivity index (χ1v) is 10.5. The number of fused-ring (bicyclic) bond motifs is 1. The van der Waals surface area contributed by atoms with Gasteiger partial charge in [0.1, 0.15) is 0 Å². The summed E-state index contributed by atoms with van der Waals surface area (Å²) in [6, 6.07) is 1.89. The third kappa shape index (κ3) is 4.42. The van der Waals surface area contributed by atoms with Gasteiger partial charge in [-0.05, 0) is 31.0 Å². The molecule has 2 aliphatic heterocycles. The van der Waals surface area contributed by atoms with Crippen molar-refractivity contribution < 1.29 is 22.0 Å². The minimum atomic E-state index is -4.94. The van der Waals surface area contributed by atoms with E-state index < -0.39 is 23.4 Å². The average molecular weight is 469 g/mol. The molecule has 7 nitrogen and oxygen atoms in total. The van der Waals surface area contributed by atoms with Gasteiger partial charge >= 0.3 is 6.18 Å². The molecule has 0 amide bonds. The summed E-state index contributed by atoms with van der Waals surface area (Å²) in [4.78, 5) is 8.17. The highest BCUT2D eigenvalue weighted by Gasteiger charge is 2.38. The third-order valence-electron chi connectivity index (χ3n) is 6.32. The van der Waals surface area contributed by atoms with Gasteiger partial charge in [-0.25, -0.2) is 8.78 Å². The molecule has 2 aliphatic rings. The van der Waals surface area contributed by atoms with E-state index in [1.165, 1.54) is 6.92 Å². The Balaban J connectivity index is 1.64. The SMILES string of the molecule is Cc1c(N2CCc3ncc(N4CCC(F)(F)CC4)cc3C2)nn(C(=N)C(F)(F)F)c(=N)c1C. The Kier molecular flexibility index (Phi) is 5.65. The smallest absolute Gasteiger partial charge is 0.370 e. The van der Waals surface area contributed by atoms with Crippen LogP contribution in [0.25, 0.3) is 0 Å². The van der Waals surface area contributed by atoms with Crippen molar-refractivity contribution >= 4 is 17.3 Å². The van der Waals surface area contributed by atoms with E-state index in [1.807, 2.05) is 11.0 Å². The summed E-state index contributed by atoms with van der Waals surface area (Å²) >= 11 is 0. The van der Waals surface area contributed by atoms with Crippen molar-refractivity contribution in [3.63, 3.8) is 0 Å². The van der Waals surface area contributed by atoms with Crippen LogP contribution in [0.15, 0.2) is 12.3 Å². The van der Waals surface area contributed by atoms with Gasteiger partial charge in [0.15, 0.2) is 11.3 Å². The molecule has 4 rings (SSSR count). The van der Waals surface area contributed by atoms with Gasteiger partial charge in [-0.15, -0.1) is 5.10 Å². The molecule has 2 N–H and O–H groups in total. The van der Waals surface area contributed by atoms with Crippen LogP contribution in [0.3, 0.4) is 0 Å². The molecule has 0 aromatic carbocycles. The number of rotatable bonds is 2. The molecule has 12 heteroatoms. The predicted molar refractivity (Wildman–Crippen MR) is 112 cm³/mol. The molecular formula is C21H24F5N7. The molecule has 0 saturated carbocycles. The molecule has 0 spiro atoms. The molecule has 0 aliphatic carbocycles. The molecule has 2 aromatic heterocycles. The first-order valence-electron chi connectivity index (χ1n) is 10.5. The minimum Gasteiger partial charge on any atom is -0.370 e. The van der Waals surface area contributed by atoms with Crippen LogP contribution < -0.4 is 15.3 Å². The number of aromatic nitrogens is 3. The van der Waals surface area contributed by atoms with E-state index >= 15 is 0 Å². The average Bonchev–Trinajstić information content (AvgIpc) is 2.76. The number of piperidine rings is 1. The van der Waals surface area contributed by atoms with E-state index in [1.54, 1.807) is 18.0 Å². The Morgan fingerprint density at radius 2 is 1.73 bits per heavy atom. The van der Waals surface area contributed by atoms with Crippen LogP contribution in [0.5, 0.6) is 0 Å². The van der Waals surface area contributed by atoms with Gasteiger partial charge in [0.2, 0.25) is 5.84 Å². The summed E-state index contributed by atoms with van der Waals surface area (Å²) in [6.07, 6.45) is -3.16. The maximum absolute atomic E-state index is 13.5. The topological polar surface area (TPSA) is 84.9 Å². The maximum atomic E-state index is 13.5. The van der Waals surface area contributed by atoms with Crippen LogP contribution in [-0.2, 0) is 13.0 Å². The van der Waals surface area contributed by atoms with Gasteiger partial charge in [-0.3, -0.25) is 15.8 Å². The van der Waals surface area contributed by atoms with Crippen LogP contribution in [0.1, 0.15) is 35.2 Å². The lowest BCUT2D eigenvalue weighted by Gasteiger charge is -2.35. The van der Waals surface area contributed by atoms with Gasteiger partial charge < -0.3 is 9.80 Å². The molecule has 0 unspecified atom stereocenters. The fourth-order valence-electron chi connectivity index (χ4n) is 4.17. The number of hydrogen-bond acceptors (Lipinski definition) is 6. The van der Waals surface area contributed by atoms with Gasteiger partial charge in [0.25, 0.3) is 5.92 Å². The Labute approximate surface area is 186 Å². The molecule has 33 heavy (non-hydrogen) atoms. The zero-order chi connectivity index (χ0) is 24.1. The molecule has 1 saturated heterocycles. The van der Waals surface area contributed by atoms with Crippen LogP contribution >= 0.6 is 0 Å². The summed E-state index contributed by atoms with van der Waals surface area (Å²) < 4.78 is 66.8. The highest BCUT2D eigenvalue weighted by molar-refractivity contribution is 5.86. The van der Waals surface area contributed by atoms with E-state index in [-0.39, 0.29) is 31.7 Å². The molecule has 1 fully saturated rings. The minimum absolute atomic E-state index is 0.219. The van der Waals surface area contributed by atoms with E-state index in [9.17, 15) is 22.0 Å². The fourth-order valence-corrected chi connectivity index (χ4v) is 4.17. The largest absolute Gasteiger partial charge is 0.451 e. The van der Waals surface area contributed by atoms with Crippen molar-refractivity contribution in [2.75, 3.05) is 29.4 Å². The number of anilines is 2. The van der Waals surface area contributed by atoms with Gasteiger partial charge in [-0.2, -0.15) is 17.9 Å². The van der Waals surface area contributed by atoms with Crippen LogP contribution in [0, 0.1) is 24.7 Å². The first-order chi connectivity index (χ1) is 15.4. The summed E-state index contributed by atoms with van der Waals surface area (Å²) in [6.45, 7) is 4.45. The monoisotopic (exact) mass is 469 g/mol. The number of hydrogen-bond donors (Lipinski definition) is 2. The summed E-state index contributed by atoms with van der Waals surface area (Å²) in [5.41, 5.74) is 2.82. The summed E-state index contributed by atoms with van der Waals surface area (Å²) in [5.74, 6) is -4.11. The van der Waals surface area contributed by atoms with Crippen molar-refractivity contribution in [3.05, 3.63) is 40.1 Å². The number of pyridine rings is 1. The second-order valence-electron chi connectivity index (χ2n) is 8.49. The number of alkyl halides is 5. The molecular weight excluding hydrogens is 445 g/mol. The van der Waals surface area contributed by atoms with Gasteiger partial charge in [0.05, 0.1) is 11.9 Å². The second-order valence-corrected chi connectivity index (χ2v) is 8.49. The summed E-state index contributed by atoms with van der Waals surface area (Å²) in [7, 11) is 0. The highest BCUT2D eigenvalue weighted by atomic mass is 19.4. The Bertz CT molecular complexity index is 1140. The predicted octanol–water partition coefficient (Wildman–Crippen LogP) is 3.56.